The molecule has 19 heavy (non-hydrogen) atoms. The molecule has 102 valence electrons. The Labute approximate surface area is 117 Å². The van der Waals surface area contributed by atoms with Crippen LogP contribution in [-0.2, 0) is 0 Å². The number of carbonyl (C=O) groups is 1. The van der Waals surface area contributed by atoms with Crippen molar-refractivity contribution in [2.45, 2.75) is 25.7 Å². The second kappa shape index (κ2) is 6.99. The van der Waals surface area contributed by atoms with Crippen molar-refractivity contribution in [1.29, 1.82) is 0 Å². The number of nitrogens with one attached hydrogen (secondary N) is 4. The van der Waals surface area contributed by atoms with E-state index >= 15 is 0 Å². The van der Waals surface area contributed by atoms with Gasteiger partial charge in [0.1, 0.15) is 0 Å². The van der Waals surface area contributed by atoms with Crippen LogP contribution in [0.15, 0.2) is 24.3 Å². The number of urea groups is 1. The molecule has 0 saturated carbocycles. The van der Waals surface area contributed by atoms with Crippen molar-refractivity contribution < 1.29 is 9.79 Å². The fourth-order valence-electron chi connectivity index (χ4n) is 1.87. The van der Waals surface area contributed by atoms with E-state index in [4.69, 9.17) is 11.6 Å². The van der Waals surface area contributed by atoms with Crippen LogP contribution in [0.25, 0.3) is 0 Å². The quantitative estimate of drug-likeness (QED) is 0.581. The van der Waals surface area contributed by atoms with Gasteiger partial charge in [-0.15, -0.1) is 0 Å². The van der Waals surface area contributed by atoms with E-state index in [9.17, 15) is 4.79 Å². The fourth-order valence-corrected chi connectivity index (χ4v) is 1.99. The Balaban J connectivity index is 1.78. The van der Waals surface area contributed by atoms with Gasteiger partial charge in [0, 0.05) is 10.7 Å². The van der Waals surface area contributed by atoms with Crippen LogP contribution in [0.3, 0.4) is 0 Å². The third-order valence-electron chi connectivity index (χ3n) is 2.87. The Kier molecular flexibility index (Phi) is 5.03. The summed E-state index contributed by atoms with van der Waals surface area (Å²) < 4.78 is 0. The van der Waals surface area contributed by atoms with Crippen LogP contribution in [0.2, 0.25) is 5.02 Å². The van der Waals surface area contributed by atoms with Gasteiger partial charge < -0.3 is 5.32 Å². The molecule has 1 heterocycles. The van der Waals surface area contributed by atoms with E-state index < -0.39 is 0 Å². The lowest BCUT2D eigenvalue weighted by atomic mass is 10.2. The van der Waals surface area contributed by atoms with Crippen LogP contribution in [0, 0.1) is 0 Å². The fraction of sp³-hybridized carbons (Fsp3) is 0.385. The minimum atomic E-state index is -0.305. The van der Waals surface area contributed by atoms with E-state index in [1.54, 1.807) is 24.3 Å². The molecule has 6 heteroatoms. The molecule has 0 unspecified atom stereocenters. The molecule has 1 aromatic carbocycles. The SMILES string of the molecule is O=C(NNC1=[NH+]CCCCC1)Nc1ccc(Cl)cc1. The maximum absolute atomic E-state index is 11.7. The predicted octanol–water partition coefficient (Wildman–Crippen LogP) is 1.02. The average Bonchev–Trinajstić information content (AvgIpc) is 2.68. The van der Waals surface area contributed by atoms with Gasteiger partial charge in [-0.3, -0.25) is 4.99 Å². The molecule has 0 aliphatic carbocycles. The number of rotatable bonds is 1. The standard InChI is InChI=1S/C13H17ClN4O/c14-10-5-7-11(8-6-10)16-13(19)18-17-12-4-2-1-3-9-15-12/h5-8H,1-4,9H2,(H,15,17)(H2,16,18,19)/p+1. The summed E-state index contributed by atoms with van der Waals surface area (Å²) in [5.41, 5.74) is 6.22. The highest BCUT2D eigenvalue weighted by atomic mass is 35.5. The highest BCUT2D eigenvalue weighted by Gasteiger charge is 2.11. The average molecular weight is 282 g/mol. The second-order valence-electron chi connectivity index (χ2n) is 4.43. The molecule has 4 N–H and O–H groups in total. The van der Waals surface area contributed by atoms with Crippen molar-refractivity contribution in [1.82, 2.24) is 10.9 Å². The number of amidine groups is 1. The van der Waals surface area contributed by atoms with Crippen LogP contribution in [0.4, 0.5) is 10.5 Å². The number of hydrazine groups is 1. The molecule has 5 nitrogen and oxygen atoms in total. The molecular weight excluding hydrogens is 264 g/mol. The number of amides is 2. The largest absolute Gasteiger partial charge is 0.354 e. The first-order valence-electron chi connectivity index (χ1n) is 6.42. The number of hydrogen-bond donors (Lipinski definition) is 4. The summed E-state index contributed by atoms with van der Waals surface area (Å²) in [6.45, 7) is 0.947. The van der Waals surface area contributed by atoms with Gasteiger partial charge >= 0.3 is 6.03 Å². The Bertz CT molecular complexity index is 458. The smallest absolute Gasteiger partial charge is 0.305 e. The molecule has 1 aliphatic rings. The van der Waals surface area contributed by atoms with E-state index in [0.717, 1.165) is 25.2 Å². The van der Waals surface area contributed by atoms with Crippen molar-refractivity contribution in [3.8, 4) is 0 Å². The zero-order valence-corrected chi connectivity index (χ0v) is 11.4. The molecule has 2 rings (SSSR count). The van der Waals surface area contributed by atoms with Crippen LogP contribution >= 0.6 is 11.6 Å². The van der Waals surface area contributed by atoms with Gasteiger partial charge in [0.15, 0.2) is 0 Å². The third kappa shape index (κ3) is 4.79. The van der Waals surface area contributed by atoms with Crippen molar-refractivity contribution in [2.75, 3.05) is 11.9 Å². The summed E-state index contributed by atoms with van der Waals surface area (Å²) in [5.74, 6) is 0.962. The Morgan fingerprint density at radius 1 is 1.16 bits per heavy atom. The second-order valence-corrected chi connectivity index (χ2v) is 4.86. The van der Waals surface area contributed by atoms with Gasteiger partial charge in [0.05, 0.1) is 13.0 Å². The maximum Gasteiger partial charge on any atom is 0.354 e. The van der Waals surface area contributed by atoms with Crippen molar-refractivity contribution in [3.63, 3.8) is 0 Å². The summed E-state index contributed by atoms with van der Waals surface area (Å²) in [6, 6.07) is 6.65. The first-order chi connectivity index (χ1) is 9.24. The number of halogens is 1. The number of carbonyl (C=O) groups excluding carboxylic acids is 1. The van der Waals surface area contributed by atoms with Gasteiger partial charge in [-0.1, -0.05) is 11.6 Å². The lowest BCUT2D eigenvalue weighted by molar-refractivity contribution is -0.460. The lowest BCUT2D eigenvalue weighted by Gasteiger charge is -2.06. The summed E-state index contributed by atoms with van der Waals surface area (Å²) in [7, 11) is 0. The molecule has 0 atom stereocenters. The lowest BCUT2D eigenvalue weighted by Crippen LogP contribution is -2.77. The normalized spacial score (nSPS) is 15.1. The molecule has 0 radical (unpaired) electrons. The minimum Gasteiger partial charge on any atom is -0.305 e. The van der Waals surface area contributed by atoms with E-state index in [1.807, 2.05) is 0 Å². The van der Waals surface area contributed by atoms with Crippen LogP contribution in [0.5, 0.6) is 0 Å². The zero-order valence-electron chi connectivity index (χ0n) is 10.6. The summed E-state index contributed by atoms with van der Waals surface area (Å²) in [6.07, 6.45) is 4.45. The molecule has 0 bridgehead atoms. The van der Waals surface area contributed by atoms with Gasteiger partial charge in [-0.05, 0) is 43.5 Å². The first-order valence-corrected chi connectivity index (χ1v) is 6.80. The zero-order chi connectivity index (χ0) is 13.5. The molecule has 0 aromatic heterocycles. The molecule has 0 spiro atoms. The number of benzene rings is 1. The first kappa shape index (κ1) is 13.7. The van der Waals surface area contributed by atoms with Crippen LogP contribution in [0.1, 0.15) is 25.7 Å². The summed E-state index contributed by atoms with van der Waals surface area (Å²) in [5, 5.41) is 3.35. The van der Waals surface area contributed by atoms with E-state index in [1.165, 1.54) is 12.8 Å². The Morgan fingerprint density at radius 2 is 1.95 bits per heavy atom. The Morgan fingerprint density at radius 3 is 2.74 bits per heavy atom. The van der Waals surface area contributed by atoms with Crippen molar-refractivity contribution >= 4 is 29.2 Å². The van der Waals surface area contributed by atoms with Crippen molar-refractivity contribution in [2.24, 2.45) is 0 Å². The van der Waals surface area contributed by atoms with E-state index in [2.05, 4.69) is 21.2 Å². The molecule has 0 fully saturated rings. The van der Waals surface area contributed by atoms with Gasteiger partial charge in [-0.2, -0.15) is 10.9 Å². The maximum atomic E-state index is 11.7. The van der Waals surface area contributed by atoms with Crippen LogP contribution in [-0.4, -0.2) is 18.4 Å². The Hall–Kier alpha value is -1.75. The highest BCUT2D eigenvalue weighted by Crippen LogP contribution is 2.12. The molecule has 1 aliphatic heterocycles. The summed E-state index contributed by atoms with van der Waals surface area (Å²) >= 11 is 5.77. The summed E-state index contributed by atoms with van der Waals surface area (Å²) in [4.78, 5) is 14.9. The van der Waals surface area contributed by atoms with Crippen LogP contribution < -0.4 is 21.2 Å². The highest BCUT2D eigenvalue weighted by molar-refractivity contribution is 6.30. The molecule has 2 amide bonds. The topological polar surface area (TPSA) is 67.1 Å². The number of anilines is 1. The van der Waals surface area contributed by atoms with Crippen molar-refractivity contribution in [3.05, 3.63) is 29.3 Å². The van der Waals surface area contributed by atoms with Gasteiger partial charge in [-0.25, -0.2) is 4.79 Å². The van der Waals surface area contributed by atoms with E-state index in [0.29, 0.717) is 10.7 Å². The number of hydrogen-bond acceptors (Lipinski definition) is 2. The molecule has 0 saturated heterocycles. The molecule has 1 aromatic rings. The predicted molar refractivity (Wildman–Crippen MR) is 76.0 cm³/mol. The minimum absolute atomic E-state index is 0.305. The monoisotopic (exact) mass is 281 g/mol. The van der Waals surface area contributed by atoms with Gasteiger partial charge in [0.25, 0.3) is 5.84 Å². The van der Waals surface area contributed by atoms with E-state index in [-0.39, 0.29) is 6.03 Å². The van der Waals surface area contributed by atoms with Gasteiger partial charge in [0.2, 0.25) is 0 Å². The third-order valence-corrected chi connectivity index (χ3v) is 3.12. The molecular formula is C13H18ClN4O+.